The second-order valence-corrected chi connectivity index (χ2v) is 6.48. The van der Waals surface area contributed by atoms with E-state index in [0.717, 1.165) is 18.9 Å². The maximum Gasteiger partial charge on any atom is 0.334 e. The van der Waals surface area contributed by atoms with Crippen molar-refractivity contribution in [1.29, 1.82) is 0 Å². The van der Waals surface area contributed by atoms with Crippen molar-refractivity contribution in [3.8, 4) is 0 Å². The number of quaternary nitrogens is 1. The van der Waals surface area contributed by atoms with Crippen LogP contribution in [0.15, 0.2) is 12.7 Å². The average molecular weight is 380 g/mol. The SMILES string of the molecule is C=CC(=O)OC[N+](C)(C)CC(O)CCCCCCCCC.[Br-]. The largest absolute Gasteiger partial charge is 1.00 e. The summed E-state index contributed by atoms with van der Waals surface area (Å²) in [5.41, 5.74) is 0. The standard InChI is InChI=1S/C17H34NO3.BrH/c1-5-7-8-9-10-11-12-13-16(19)14-18(3,4)15-21-17(20)6-2;/h6,16,19H,2,5,7-15H2,1,3-4H3;1H/q+1;/p-1. The molecule has 0 amide bonds. The van der Waals surface area contributed by atoms with E-state index in [-0.39, 0.29) is 29.8 Å². The van der Waals surface area contributed by atoms with Gasteiger partial charge in [-0.1, -0.05) is 58.4 Å². The Labute approximate surface area is 146 Å². The number of carbonyl (C=O) groups is 1. The zero-order valence-corrected chi connectivity index (χ0v) is 16.1. The fourth-order valence-corrected chi connectivity index (χ4v) is 2.35. The Balaban J connectivity index is 0. The third kappa shape index (κ3) is 14.5. The molecule has 0 spiro atoms. The van der Waals surface area contributed by atoms with Crippen LogP contribution in [0.4, 0.5) is 0 Å². The Bertz CT molecular complexity index is 296. The fourth-order valence-electron chi connectivity index (χ4n) is 2.35. The van der Waals surface area contributed by atoms with E-state index in [2.05, 4.69) is 13.5 Å². The first-order chi connectivity index (χ1) is 9.91. The molecule has 0 rings (SSSR count). The van der Waals surface area contributed by atoms with Crippen LogP contribution in [-0.2, 0) is 9.53 Å². The highest BCUT2D eigenvalue weighted by atomic mass is 79.9. The Hall–Kier alpha value is -0.390. The van der Waals surface area contributed by atoms with Crippen molar-refractivity contribution >= 4 is 5.97 Å². The molecular formula is C17H34BrNO3. The lowest BCUT2D eigenvalue weighted by Gasteiger charge is -2.30. The predicted octanol–water partition coefficient (Wildman–Crippen LogP) is 0.255. The van der Waals surface area contributed by atoms with E-state index in [1.807, 2.05) is 14.1 Å². The molecule has 0 aliphatic rings. The lowest BCUT2D eigenvalue weighted by Crippen LogP contribution is -3.00. The summed E-state index contributed by atoms with van der Waals surface area (Å²) in [7, 11) is 3.90. The quantitative estimate of drug-likeness (QED) is 0.164. The topological polar surface area (TPSA) is 46.5 Å². The lowest BCUT2D eigenvalue weighted by atomic mass is 10.1. The number of ether oxygens (including phenoxy) is 1. The molecule has 0 saturated carbocycles. The van der Waals surface area contributed by atoms with Crippen LogP contribution < -0.4 is 17.0 Å². The third-order valence-corrected chi connectivity index (χ3v) is 3.57. The second kappa shape index (κ2) is 14.2. The van der Waals surface area contributed by atoms with Gasteiger partial charge < -0.3 is 26.8 Å². The minimum Gasteiger partial charge on any atom is -1.00 e. The van der Waals surface area contributed by atoms with Gasteiger partial charge in [-0.05, 0) is 6.42 Å². The van der Waals surface area contributed by atoms with Crippen molar-refractivity contribution in [2.75, 3.05) is 27.4 Å². The lowest BCUT2D eigenvalue weighted by molar-refractivity contribution is -0.910. The van der Waals surface area contributed by atoms with Crippen molar-refractivity contribution in [2.24, 2.45) is 0 Å². The first kappa shape index (κ1) is 23.9. The molecule has 4 nitrogen and oxygen atoms in total. The number of rotatable bonds is 13. The van der Waals surface area contributed by atoms with E-state index >= 15 is 0 Å². The molecule has 0 heterocycles. The highest BCUT2D eigenvalue weighted by Gasteiger charge is 2.21. The molecule has 1 N–H and O–H groups in total. The summed E-state index contributed by atoms with van der Waals surface area (Å²) >= 11 is 0. The van der Waals surface area contributed by atoms with Gasteiger partial charge in [0.25, 0.3) is 0 Å². The Kier molecular flexibility index (Phi) is 15.4. The Morgan fingerprint density at radius 1 is 1.18 bits per heavy atom. The van der Waals surface area contributed by atoms with Gasteiger partial charge in [-0.3, -0.25) is 4.48 Å². The van der Waals surface area contributed by atoms with Crippen molar-refractivity contribution in [1.82, 2.24) is 0 Å². The molecule has 0 fully saturated rings. The molecular weight excluding hydrogens is 346 g/mol. The minimum atomic E-state index is -0.414. The Morgan fingerprint density at radius 3 is 2.27 bits per heavy atom. The smallest absolute Gasteiger partial charge is 0.334 e. The van der Waals surface area contributed by atoms with Crippen molar-refractivity contribution < 1.29 is 36.1 Å². The number of halogens is 1. The molecule has 22 heavy (non-hydrogen) atoms. The number of aliphatic hydroxyl groups excluding tert-OH is 1. The van der Waals surface area contributed by atoms with Crippen LogP contribution in [0, 0.1) is 0 Å². The summed E-state index contributed by atoms with van der Waals surface area (Å²) < 4.78 is 5.51. The van der Waals surface area contributed by atoms with Crippen LogP contribution >= 0.6 is 0 Å². The number of carbonyl (C=O) groups excluding carboxylic acids is 1. The third-order valence-electron chi connectivity index (χ3n) is 3.57. The van der Waals surface area contributed by atoms with E-state index in [0.29, 0.717) is 11.0 Å². The number of unbranched alkanes of at least 4 members (excludes halogenated alkanes) is 6. The zero-order chi connectivity index (χ0) is 16.1. The number of aliphatic hydroxyl groups is 1. The number of hydrogen-bond acceptors (Lipinski definition) is 3. The van der Waals surface area contributed by atoms with Crippen molar-refractivity contribution in [3.63, 3.8) is 0 Å². The monoisotopic (exact) mass is 379 g/mol. The Morgan fingerprint density at radius 2 is 1.73 bits per heavy atom. The van der Waals surface area contributed by atoms with Gasteiger partial charge in [-0.15, -0.1) is 0 Å². The van der Waals surface area contributed by atoms with Crippen LogP contribution in [0.1, 0.15) is 58.3 Å². The van der Waals surface area contributed by atoms with Gasteiger partial charge in [-0.25, -0.2) is 4.79 Å². The molecule has 0 aromatic carbocycles. The maximum absolute atomic E-state index is 11.1. The van der Waals surface area contributed by atoms with E-state index in [1.165, 1.54) is 38.5 Å². The first-order valence-electron chi connectivity index (χ1n) is 8.20. The average Bonchev–Trinajstić information content (AvgIpc) is 2.43. The molecule has 132 valence electrons. The molecule has 1 atom stereocenters. The van der Waals surface area contributed by atoms with Gasteiger partial charge in [0.05, 0.1) is 14.1 Å². The van der Waals surface area contributed by atoms with Crippen LogP contribution in [-0.4, -0.2) is 49.0 Å². The van der Waals surface area contributed by atoms with Crippen LogP contribution in [0.3, 0.4) is 0 Å². The molecule has 0 aliphatic heterocycles. The molecule has 0 bridgehead atoms. The number of hydrogen-bond donors (Lipinski definition) is 1. The highest BCUT2D eigenvalue weighted by Crippen LogP contribution is 2.11. The summed E-state index contributed by atoms with van der Waals surface area (Å²) in [6.07, 6.45) is 10.4. The zero-order valence-electron chi connectivity index (χ0n) is 14.5. The van der Waals surface area contributed by atoms with Gasteiger partial charge in [0, 0.05) is 6.08 Å². The predicted molar refractivity (Wildman–Crippen MR) is 86.7 cm³/mol. The summed E-state index contributed by atoms with van der Waals surface area (Å²) in [4.78, 5) is 11.1. The second-order valence-electron chi connectivity index (χ2n) is 6.48. The van der Waals surface area contributed by atoms with Crippen LogP contribution in [0.25, 0.3) is 0 Å². The first-order valence-corrected chi connectivity index (χ1v) is 8.20. The normalized spacial score (nSPS) is 12.4. The summed E-state index contributed by atoms with van der Waals surface area (Å²) in [5, 5.41) is 10.1. The van der Waals surface area contributed by atoms with Crippen molar-refractivity contribution in [3.05, 3.63) is 12.7 Å². The van der Waals surface area contributed by atoms with Crippen LogP contribution in [0.2, 0.25) is 0 Å². The molecule has 5 heteroatoms. The summed E-state index contributed by atoms with van der Waals surface area (Å²) in [5.74, 6) is -0.414. The fraction of sp³-hybridized carbons (Fsp3) is 0.824. The molecule has 1 unspecified atom stereocenters. The van der Waals surface area contributed by atoms with Gasteiger partial charge >= 0.3 is 5.97 Å². The maximum atomic E-state index is 11.1. The van der Waals surface area contributed by atoms with E-state index in [1.54, 1.807) is 0 Å². The van der Waals surface area contributed by atoms with Crippen LogP contribution in [0.5, 0.6) is 0 Å². The highest BCUT2D eigenvalue weighted by molar-refractivity contribution is 5.81. The number of nitrogens with zero attached hydrogens (tertiary/aromatic N) is 1. The molecule has 0 aromatic heterocycles. The van der Waals surface area contributed by atoms with E-state index in [4.69, 9.17) is 4.74 Å². The summed E-state index contributed by atoms with van der Waals surface area (Å²) in [6.45, 7) is 6.45. The number of likely N-dealkylation sites (N-methyl/N-ethyl adjacent to an activating group) is 1. The van der Waals surface area contributed by atoms with E-state index < -0.39 is 5.97 Å². The van der Waals surface area contributed by atoms with Gasteiger partial charge in [-0.2, -0.15) is 0 Å². The van der Waals surface area contributed by atoms with E-state index in [9.17, 15) is 9.90 Å². The minimum absolute atomic E-state index is 0. The van der Waals surface area contributed by atoms with Gasteiger partial charge in [0.2, 0.25) is 6.73 Å². The molecule has 0 aliphatic carbocycles. The van der Waals surface area contributed by atoms with Gasteiger partial charge in [0.1, 0.15) is 12.6 Å². The molecule has 0 radical (unpaired) electrons. The number of esters is 1. The van der Waals surface area contributed by atoms with Crippen molar-refractivity contribution in [2.45, 2.75) is 64.4 Å². The summed E-state index contributed by atoms with van der Waals surface area (Å²) in [6, 6.07) is 0. The molecule has 0 saturated heterocycles. The molecule has 0 aromatic rings. The van der Waals surface area contributed by atoms with Gasteiger partial charge in [0.15, 0.2) is 0 Å².